The topological polar surface area (TPSA) is 94.3 Å². The van der Waals surface area contributed by atoms with Crippen LogP contribution in [0.5, 0.6) is 0 Å². The van der Waals surface area contributed by atoms with Crippen LogP contribution in [-0.2, 0) is 4.79 Å². The first-order valence-electron chi connectivity index (χ1n) is 10.4. The first kappa shape index (κ1) is 24.4. The number of amides is 1. The molecular formula is C20H39N3O3. The van der Waals surface area contributed by atoms with Crippen LogP contribution in [0.15, 0.2) is 10.3 Å². The Morgan fingerprint density at radius 3 is 1.54 bits per heavy atom. The molecule has 0 heterocycles. The number of hydrogen-bond donors (Lipinski definition) is 3. The molecule has 0 rings (SSSR count). The van der Waals surface area contributed by atoms with Gasteiger partial charge in [-0.05, 0) is 13.3 Å². The molecule has 0 aliphatic carbocycles. The summed E-state index contributed by atoms with van der Waals surface area (Å²) in [5, 5.41) is 25.8. The Morgan fingerprint density at radius 1 is 0.731 bits per heavy atom. The van der Waals surface area contributed by atoms with E-state index in [1.165, 1.54) is 84.0 Å². The molecule has 0 unspecified atom stereocenters. The molecule has 0 fully saturated rings. The number of hydrogen-bond acceptors (Lipinski definition) is 5. The van der Waals surface area contributed by atoms with E-state index in [9.17, 15) is 4.79 Å². The van der Waals surface area contributed by atoms with Crippen molar-refractivity contribution in [1.29, 1.82) is 0 Å². The molecule has 26 heavy (non-hydrogen) atoms. The van der Waals surface area contributed by atoms with Gasteiger partial charge in [0.15, 0.2) is 5.71 Å². The normalized spacial score (nSPS) is 12.4. The zero-order valence-electron chi connectivity index (χ0n) is 16.8. The standard InChI is InChI=1S/C20H39N3O3/c1-3-4-5-6-7-8-9-10-11-12-13-14-15-16-17-21-20(24)19(23-26)18(2)22-25/h25-26H,3-17H2,1-2H3,(H,21,24)/b22-18+,23-19+. The van der Waals surface area contributed by atoms with Crippen molar-refractivity contribution in [2.75, 3.05) is 6.54 Å². The maximum Gasteiger partial charge on any atom is 0.275 e. The third kappa shape index (κ3) is 13.7. The van der Waals surface area contributed by atoms with Gasteiger partial charge in [0, 0.05) is 6.54 Å². The maximum atomic E-state index is 11.7. The molecule has 0 atom stereocenters. The molecule has 3 N–H and O–H groups in total. The first-order valence-corrected chi connectivity index (χ1v) is 10.4. The highest BCUT2D eigenvalue weighted by Crippen LogP contribution is 2.12. The van der Waals surface area contributed by atoms with Gasteiger partial charge in [0.1, 0.15) is 5.71 Å². The fourth-order valence-electron chi connectivity index (χ4n) is 2.93. The monoisotopic (exact) mass is 369 g/mol. The van der Waals surface area contributed by atoms with Crippen LogP contribution in [-0.4, -0.2) is 34.3 Å². The second-order valence-electron chi connectivity index (χ2n) is 6.99. The van der Waals surface area contributed by atoms with E-state index in [1.54, 1.807) is 0 Å². The summed E-state index contributed by atoms with van der Waals surface area (Å²) in [7, 11) is 0. The molecular weight excluding hydrogens is 330 g/mol. The summed E-state index contributed by atoms with van der Waals surface area (Å²) in [5.41, 5.74) is -0.260. The van der Waals surface area contributed by atoms with E-state index in [0.717, 1.165) is 12.8 Å². The van der Waals surface area contributed by atoms with Crippen LogP contribution < -0.4 is 5.32 Å². The number of carbonyl (C=O) groups is 1. The minimum Gasteiger partial charge on any atom is -0.411 e. The fraction of sp³-hybridized carbons (Fsp3) is 0.850. The van der Waals surface area contributed by atoms with Gasteiger partial charge in [-0.3, -0.25) is 4.79 Å². The van der Waals surface area contributed by atoms with Crippen molar-refractivity contribution in [2.24, 2.45) is 10.3 Å². The Morgan fingerprint density at radius 2 is 1.15 bits per heavy atom. The van der Waals surface area contributed by atoms with Crippen LogP contribution in [0.4, 0.5) is 0 Å². The lowest BCUT2D eigenvalue weighted by atomic mass is 10.0. The molecule has 0 aliphatic heterocycles. The fourth-order valence-corrected chi connectivity index (χ4v) is 2.93. The summed E-state index contributed by atoms with van der Waals surface area (Å²) in [4.78, 5) is 11.7. The van der Waals surface area contributed by atoms with Gasteiger partial charge in [0.25, 0.3) is 5.91 Å². The molecule has 0 aromatic rings. The molecule has 1 amide bonds. The van der Waals surface area contributed by atoms with Gasteiger partial charge in [-0.2, -0.15) is 0 Å². The summed E-state index contributed by atoms with van der Waals surface area (Å²) in [6, 6.07) is 0. The Kier molecular flexibility index (Phi) is 17.1. The molecule has 0 saturated carbocycles. The number of nitrogens with one attached hydrogen (secondary N) is 1. The third-order valence-electron chi connectivity index (χ3n) is 4.62. The number of rotatable bonds is 17. The quantitative estimate of drug-likeness (QED) is 0.141. The van der Waals surface area contributed by atoms with Crippen LogP contribution in [0, 0.1) is 0 Å². The second kappa shape index (κ2) is 18.2. The molecule has 6 nitrogen and oxygen atoms in total. The van der Waals surface area contributed by atoms with Gasteiger partial charge in [0.05, 0.1) is 0 Å². The molecule has 0 aromatic heterocycles. The van der Waals surface area contributed by atoms with Crippen LogP contribution in [0.1, 0.15) is 104 Å². The average molecular weight is 370 g/mol. The lowest BCUT2D eigenvalue weighted by Gasteiger charge is -2.06. The number of nitrogens with zero attached hydrogens (tertiary/aromatic N) is 2. The minimum absolute atomic E-state index is 0.00837. The smallest absolute Gasteiger partial charge is 0.275 e. The van der Waals surface area contributed by atoms with Gasteiger partial charge >= 0.3 is 0 Å². The van der Waals surface area contributed by atoms with E-state index in [4.69, 9.17) is 10.4 Å². The van der Waals surface area contributed by atoms with Crippen molar-refractivity contribution >= 4 is 17.3 Å². The van der Waals surface area contributed by atoms with E-state index in [1.807, 2.05) is 0 Å². The molecule has 152 valence electrons. The SMILES string of the molecule is CCCCCCCCCCCCCCCCNC(=O)C(=N/O)/C(C)=N/O. The van der Waals surface area contributed by atoms with Crippen molar-refractivity contribution in [3.8, 4) is 0 Å². The summed E-state index contributed by atoms with van der Waals surface area (Å²) in [5.74, 6) is -0.516. The highest BCUT2D eigenvalue weighted by atomic mass is 16.4. The van der Waals surface area contributed by atoms with Crippen molar-refractivity contribution in [2.45, 2.75) is 104 Å². The van der Waals surface area contributed by atoms with E-state index in [0.29, 0.717) is 6.54 Å². The van der Waals surface area contributed by atoms with Crippen molar-refractivity contribution in [1.82, 2.24) is 5.32 Å². The molecule has 6 heteroatoms. The molecule has 0 saturated heterocycles. The van der Waals surface area contributed by atoms with Gasteiger partial charge in [-0.25, -0.2) is 0 Å². The third-order valence-corrected chi connectivity index (χ3v) is 4.62. The van der Waals surface area contributed by atoms with Crippen LogP contribution in [0.3, 0.4) is 0 Å². The predicted octanol–water partition coefficient (Wildman–Crippen LogP) is 5.26. The Labute approximate surface area is 159 Å². The van der Waals surface area contributed by atoms with E-state index < -0.39 is 5.91 Å². The highest BCUT2D eigenvalue weighted by molar-refractivity contribution is 6.66. The maximum absolute atomic E-state index is 11.7. The van der Waals surface area contributed by atoms with Crippen LogP contribution in [0.25, 0.3) is 0 Å². The van der Waals surface area contributed by atoms with E-state index >= 15 is 0 Å². The number of carbonyl (C=O) groups excluding carboxylic acids is 1. The molecule has 0 aliphatic rings. The number of unbranched alkanes of at least 4 members (excludes halogenated alkanes) is 13. The van der Waals surface area contributed by atoms with Crippen LogP contribution >= 0.6 is 0 Å². The van der Waals surface area contributed by atoms with Crippen molar-refractivity contribution in [3.63, 3.8) is 0 Å². The molecule has 0 radical (unpaired) electrons. The molecule has 0 spiro atoms. The number of oxime groups is 2. The average Bonchev–Trinajstić information content (AvgIpc) is 2.65. The Bertz CT molecular complexity index is 409. The largest absolute Gasteiger partial charge is 0.411 e. The van der Waals surface area contributed by atoms with Gasteiger partial charge in [-0.15, -0.1) is 0 Å². The summed E-state index contributed by atoms with van der Waals surface area (Å²) in [6.07, 6.45) is 18.1. The molecule has 0 aromatic carbocycles. The zero-order valence-corrected chi connectivity index (χ0v) is 16.8. The van der Waals surface area contributed by atoms with E-state index in [2.05, 4.69) is 22.6 Å². The highest BCUT2D eigenvalue weighted by Gasteiger charge is 2.15. The Hall–Kier alpha value is -1.59. The minimum atomic E-state index is -0.516. The summed E-state index contributed by atoms with van der Waals surface area (Å²) >= 11 is 0. The lowest BCUT2D eigenvalue weighted by Crippen LogP contribution is -2.35. The zero-order chi connectivity index (χ0) is 19.5. The van der Waals surface area contributed by atoms with Crippen LogP contribution in [0.2, 0.25) is 0 Å². The molecule has 0 bridgehead atoms. The second-order valence-corrected chi connectivity index (χ2v) is 6.99. The predicted molar refractivity (Wildman–Crippen MR) is 107 cm³/mol. The van der Waals surface area contributed by atoms with Gasteiger partial charge in [-0.1, -0.05) is 101 Å². The summed E-state index contributed by atoms with van der Waals surface area (Å²) in [6.45, 7) is 4.20. The van der Waals surface area contributed by atoms with Gasteiger partial charge in [0.2, 0.25) is 0 Å². The van der Waals surface area contributed by atoms with Crippen molar-refractivity contribution in [3.05, 3.63) is 0 Å². The summed E-state index contributed by atoms with van der Waals surface area (Å²) < 4.78 is 0. The van der Waals surface area contributed by atoms with Crippen molar-refractivity contribution < 1.29 is 15.2 Å². The van der Waals surface area contributed by atoms with E-state index in [-0.39, 0.29) is 11.4 Å². The lowest BCUT2D eigenvalue weighted by molar-refractivity contribution is -0.114. The van der Waals surface area contributed by atoms with Gasteiger partial charge < -0.3 is 15.7 Å². The first-order chi connectivity index (χ1) is 12.7. The Balaban J connectivity index is 3.38.